The highest BCUT2D eigenvalue weighted by Crippen LogP contribution is 2.22. The molecule has 0 spiro atoms. The summed E-state index contributed by atoms with van der Waals surface area (Å²) in [5.41, 5.74) is 2.23. The van der Waals surface area contributed by atoms with E-state index >= 15 is 0 Å². The molecule has 1 N–H and O–H groups in total. The number of aromatic nitrogens is 2. The molecule has 1 aliphatic rings. The van der Waals surface area contributed by atoms with Crippen LogP contribution in [-0.4, -0.2) is 36.6 Å². The van der Waals surface area contributed by atoms with Gasteiger partial charge in [0.1, 0.15) is 0 Å². The summed E-state index contributed by atoms with van der Waals surface area (Å²) in [5.74, 6) is 1.56. The van der Waals surface area contributed by atoms with Gasteiger partial charge in [0.05, 0.1) is 0 Å². The van der Waals surface area contributed by atoms with Crippen molar-refractivity contribution in [2.45, 2.75) is 6.42 Å². The van der Waals surface area contributed by atoms with E-state index in [2.05, 4.69) is 32.3 Å². The van der Waals surface area contributed by atoms with Gasteiger partial charge < -0.3 is 10.2 Å². The van der Waals surface area contributed by atoms with Crippen LogP contribution in [0.5, 0.6) is 0 Å². The van der Waals surface area contributed by atoms with Gasteiger partial charge >= 0.3 is 0 Å². The van der Waals surface area contributed by atoms with Crippen molar-refractivity contribution < 1.29 is 0 Å². The lowest BCUT2D eigenvalue weighted by molar-refractivity contribution is 0.548. The molecule has 2 aromatic rings. The zero-order valence-corrected chi connectivity index (χ0v) is 11.8. The summed E-state index contributed by atoms with van der Waals surface area (Å²) in [6.07, 6.45) is 5.05. The number of nitrogens with zero attached hydrogens (tertiary/aromatic N) is 3. The highest BCUT2D eigenvalue weighted by atomic mass is 15.3. The molecule has 2 heterocycles. The van der Waals surface area contributed by atoms with Crippen molar-refractivity contribution in [1.82, 2.24) is 15.3 Å². The fourth-order valence-corrected chi connectivity index (χ4v) is 2.73. The quantitative estimate of drug-likeness (QED) is 0.923. The summed E-state index contributed by atoms with van der Waals surface area (Å²) in [6.45, 7) is 3.17. The molecule has 1 aromatic heterocycles. The van der Waals surface area contributed by atoms with Crippen molar-refractivity contribution in [1.29, 1.82) is 0 Å². The van der Waals surface area contributed by atoms with E-state index in [4.69, 9.17) is 0 Å². The summed E-state index contributed by atoms with van der Waals surface area (Å²) in [5, 5.41) is 3.24. The fourth-order valence-electron chi connectivity index (χ4n) is 2.73. The maximum atomic E-state index is 4.53. The fraction of sp³-hybridized carbons (Fsp3) is 0.375. The number of benzene rings is 1. The predicted octanol–water partition coefficient (Wildman–Crippen LogP) is 2.19. The van der Waals surface area contributed by atoms with Gasteiger partial charge in [0.2, 0.25) is 5.95 Å². The molecule has 0 aliphatic carbocycles. The molecule has 1 fully saturated rings. The predicted molar refractivity (Wildman–Crippen MR) is 81.7 cm³/mol. The second-order valence-electron chi connectivity index (χ2n) is 5.30. The highest BCUT2D eigenvalue weighted by Gasteiger charge is 2.23. The number of hydrogen-bond acceptors (Lipinski definition) is 4. The Balaban J connectivity index is 1.71. The van der Waals surface area contributed by atoms with Crippen LogP contribution >= 0.6 is 0 Å². The van der Waals surface area contributed by atoms with Gasteiger partial charge in [-0.15, -0.1) is 0 Å². The molecule has 4 heteroatoms. The number of hydrogen-bond donors (Lipinski definition) is 1. The minimum atomic E-state index is 0.706. The monoisotopic (exact) mass is 268 g/mol. The molecule has 0 radical (unpaired) electrons. The van der Waals surface area contributed by atoms with Crippen LogP contribution in [0.4, 0.5) is 5.95 Å². The van der Waals surface area contributed by atoms with E-state index in [1.54, 1.807) is 0 Å². The number of anilines is 1. The minimum Gasteiger partial charge on any atom is -0.340 e. The first-order chi connectivity index (χ1) is 9.86. The lowest BCUT2D eigenvalue weighted by atomic mass is 10.1. The van der Waals surface area contributed by atoms with E-state index < -0.39 is 0 Å². The Labute approximate surface area is 119 Å². The molecule has 1 aliphatic heterocycles. The SMILES string of the molecule is CNCC1CCN(c2ncc(-c3ccccc3)cn2)C1. The number of rotatable bonds is 4. The average molecular weight is 268 g/mol. The van der Waals surface area contributed by atoms with Crippen LogP contribution in [-0.2, 0) is 0 Å². The van der Waals surface area contributed by atoms with Crippen molar-refractivity contribution in [2.24, 2.45) is 5.92 Å². The van der Waals surface area contributed by atoms with Crippen LogP contribution in [0.3, 0.4) is 0 Å². The molecule has 4 nitrogen and oxygen atoms in total. The van der Waals surface area contributed by atoms with E-state index in [0.29, 0.717) is 5.92 Å². The van der Waals surface area contributed by atoms with Crippen LogP contribution < -0.4 is 10.2 Å². The third kappa shape index (κ3) is 2.80. The average Bonchev–Trinajstić information content (AvgIpc) is 2.97. The normalized spacial score (nSPS) is 18.4. The molecule has 1 aromatic carbocycles. The van der Waals surface area contributed by atoms with Crippen molar-refractivity contribution >= 4 is 5.95 Å². The van der Waals surface area contributed by atoms with Crippen molar-refractivity contribution in [3.63, 3.8) is 0 Å². The first kappa shape index (κ1) is 13.1. The van der Waals surface area contributed by atoms with Gasteiger partial charge in [-0.1, -0.05) is 30.3 Å². The summed E-state index contributed by atoms with van der Waals surface area (Å²) in [4.78, 5) is 11.3. The first-order valence-corrected chi connectivity index (χ1v) is 7.14. The zero-order chi connectivity index (χ0) is 13.8. The molecule has 1 atom stereocenters. The Morgan fingerprint density at radius 3 is 2.60 bits per heavy atom. The Morgan fingerprint density at radius 1 is 1.15 bits per heavy atom. The second kappa shape index (κ2) is 6.01. The Kier molecular flexibility index (Phi) is 3.92. The second-order valence-corrected chi connectivity index (χ2v) is 5.30. The summed E-state index contributed by atoms with van der Waals surface area (Å²) in [7, 11) is 2.01. The zero-order valence-electron chi connectivity index (χ0n) is 11.8. The van der Waals surface area contributed by atoms with Gasteiger partial charge in [-0.05, 0) is 31.5 Å². The van der Waals surface area contributed by atoms with Crippen LogP contribution in [0.15, 0.2) is 42.7 Å². The van der Waals surface area contributed by atoms with E-state index in [1.165, 1.54) is 6.42 Å². The molecule has 0 bridgehead atoms. The van der Waals surface area contributed by atoms with Crippen LogP contribution in [0.1, 0.15) is 6.42 Å². The Bertz CT molecular complexity index is 538. The van der Waals surface area contributed by atoms with E-state index in [1.807, 2.05) is 37.6 Å². The van der Waals surface area contributed by atoms with Crippen LogP contribution in [0.25, 0.3) is 11.1 Å². The molecule has 104 valence electrons. The van der Waals surface area contributed by atoms with Gasteiger partial charge in [0, 0.05) is 31.0 Å². The van der Waals surface area contributed by atoms with Crippen LogP contribution in [0, 0.1) is 5.92 Å². The standard InChI is InChI=1S/C16H20N4/c1-17-9-13-7-8-20(12-13)16-18-10-15(11-19-16)14-5-3-2-4-6-14/h2-6,10-11,13,17H,7-9,12H2,1H3. The molecule has 3 rings (SSSR count). The maximum Gasteiger partial charge on any atom is 0.225 e. The first-order valence-electron chi connectivity index (χ1n) is 7.14. The third-order valence-corrected chi connectivity index (χ3v) is 3.81. The van der Waals surface area contributed by atoms with Gasteiger partial charge in [-0.3, -0.25) is 0 Å². The maximum absolute atomic E-state index is 4.53. The van der Waals surface area contributed by atoms with Gasteiger partial charge in [0.25, 0.3) is 0 Å². The van der Waals surface area contributed by atoms with Crippen molar-refractivity contribution in [3.8, 4) is 11.1 Å². The van der Waals surface area contributed by atoms with Crippen molar-refractivity contribution in [2.75, 3.05) is 31.6 Å². The molecule has 0 saturated carbocycles. The third-order valence-electron chi connectivity index (χ3n) is 3.81. The molecular weight excluding hydrogens is 248 g/mol. The highest BCUT2D eigenvalue weighted by molar-refractivity contribution is 5.61. The molecule has 1 saturated heterocycles. The summed E-state index contributed by atoms with van der Waals surface area (Å²) >= 11 is 0. The summed E-state index contributed by atoms with van der Waals surface area (Å²) < 4.78 is 0. The Hall–Kier alpha value is -1.94. The largest absolute Gasteiger partial charge is 0.340 e. The van der Waals surface area contributed by atoms with E-state index in [9.17, 15) is 0 Å². The van der Waals surface area contributed by atoms with E-state index in [-0.39, 0.29) is 0 Å². The van der Waals surface area contributed by atoms with Crippen LogP contribution in [0.2, 0.25) is 0 Å². The topological polar surface area (TPSA) is 41.0 Å². The lowest BCUT2D eigenvalue weighted by Gasteiger charge is -2.16. The van der Waals surface area contributed by atoms with Crippen molar-refractivity contribution in [3.05, 3.63) is 42.7 Å². The molecule has 0 amide bonds. The lowest BCUT2D eigenvalue weighted by Crippen LogP contribution is -2.25. The summed E-state index contributed by atoms with van der Waals surface area (Å²) in [6, 6.07) is 10.2. The van der Waals surface area contributed by atoms with Gasteiger partial charge in [-0.2, -0.15) is 0 Å². The van der Waals surface area contributed by atoms with Gasteiger partial charge in [-0.25, -0.2) is 9.97 Å². The molecule has 1 unspecified atom stereocenters. The number of nitrogens with one attached hydrogen (secondary N) is 1. The van der Waals surface area contributed by atoms with E-state index in [0.717, 1.165) is 36.7 Å². The molecular formula is C16H20N4. The smallest absolute Gasteiger partial charge is 0.225 e. The van der Waals surface area contributed by atoms with Gasteiger partial charge in [0.15, 0.2) is 0 Å². The Morgan fingerprint density at radius 2 is 1.90 bits per heavy atom. The minimum absolute atomic E-state index is 0.706. The molecule has 20 heavy (non-hydrogen) atoms.